The second kappa shape index (κ2) is 6.65. The lowest BCUT2D eigenvalue weighted by molar-refractivity contribution is -0.384. The Labute approximate surface area is 123 Å². The van der Waals surface area contributed by atoms with Gasteiger partial charge in [-0.05, 0) is 18.6 Å². The number of hydrogen-bond donors (Lipinski definition) is 0. The quantitative estimate of drug-likeness (QED) is 0.473. The monoisotopic (exact) mass is 284 g/mol. The summed E-state index contributed by atoms with van der Waals surface area (Å²) < 4.78 is 0. The number of ketones is 1. The summed E-state index contributed by atoms with van der Waals surface area (Å²) in [6.07, 6.45) is 11.5. The molecule has 0 amide bonds. The number of anilines is 1. The van der Waals surface area contributed by atoms with E-state index in [2.05, 4.69) is 0 Å². The highest BCUT2D eigenvalue weighted by Crippen LogP contribution is 2.20. The second-order valence-corrected chi connectivity index (χ2v) is 4.76. The van der Waals surface area contributed by atoms with E-state index >= 15 is 0 Å². The SMILES string of the molecule is CN(/C=C/C(=O)C1C=CC=CC1)c1cccc([N+](=O)[O-])c1. The predicted octanol–water partition coefficient (Wildman–Crippen LogP) is 3.25. The van der Waals surface area contributed by atoms with E-state index < -0.39 is 4.92 Å². The number of non-ortho nitro benzene ring substituents is 1. The Morgan fingerprint density at radius 3 is 2.90 bits per heavy atom. The van der Waals surface area contributed by atoms with Crippen LogP contribution in [0.25, 0.3) is 0 Å². The molecular weight excluding hydrogens is 268 g/mol. The van der Waals surface area contributed by atoms with Crippen molar-refractivity contribution in [3.05, 3.63) is 71.0 Å². The van der Waals surface area contributed by atoms with Crippen LogP contribution in [-0.2, 0) is 4.79 Å². The van der Waals surface area contributed by atoms with Crippen molar-refractivity contribution in [2.45, 2.75) is 6.42 Å². The average Bonchev–Trinajstić information content (AvgIpc) is 2.53. The van der Waals surface area contributed by atoms with Gasteiger partial charge in [-0.25, -0.2) is 0 Å². The van der Waals surface area contributed by atoms with Crippen molar-refractivity contribution in [1.29, 1.82) is 0 Å². The molecule has 108 valence electrons. The smallest absolute Gasteiger partial charge is 0.271 e. The van der Waals surface area contributed by atoms with E-state index in [9.17, 15) is 14.9 Å². The summed E-state index contributed by atoms with van der Waals surface area (Å²) >= 11 is 0. The molecule has 0 fully saturated rings. The van der Waals surface area contributed by atoms with E-state index in [0.29, 0.717) is 12.1 Å². The summed E-state index contributed by atoms with van der Waals surface area (Å²) in [7, 11) is 1.75. The third-order valence-electron chi connectivity index (χ3n) is 3.26. The fraction of sp³-hybridized carbons (Fsp3) is 0.188. The third-order valence-corrected chi connectivity index (χ3v) is 3.26. The molecule has 0 saturated carbocycles. The Bertz CT molecular complexity index is 632. The van der Waals surface area contributed by atoms with E-state index in [1.807, 2.05) is 24.3 Å². The molecule has 1 aliphatic carbocycles. The number of carbonyl (C=O) groups excluding carboxylic acids is 1. The number of allylic oxidation sites excluding steroid dienone is 5. The molecule has 0 bridgehead atoms. The molecule has 0 saturated heterocycles. The van der Waals surface area contributed by atoms with Gasteiger partial charge in [0.1, 0.15) is 0 Å². The highest BCUT2D eigenvalue weighted by atomic mass is 16.6. The van der Waals surface area contributed by atoms with Gasteiger partial charge in [0, 0.05) is 37.0 Å². The van der Waals surface area contributed by atoms with Crippen LogP contribution in [0, 0.1) is 16.0 Å². The van der Waals surface area contributed by atoms with Crippen LogP contribution in [0.5, 0.6) is 0 Å². The maximum atomic E-state index is 12.0. The van der Waals surface area contributed by atoms with Crippen LogP contribution in [0.3, 0.4) is 0 Å². The first-order valence-corrected chi connectivity index (χ1v) is 6.60. The number of carbonyl (C=O) groups is 1. The first-order valence-electron chi connectivity index (χ1n) is 6.60. The molecule has 5 nitrogen and oxygen atoms in total. The van der Waals surface area contributed by atoms with Gasteiger partial charge in [-0.15, -0.1) is 0 Å². The molecule has 0 aliphatic heterocycles. The highest BCUT2D eigenvalue weighted by Gasteiger charge is 2.13. The van der Waals surface area contributed by atoms with Crippen molar-refractivity contribution >= 4 is 17.2 Å². The van der Waals surface area contributed by atoms with Crippen molar-refractivity contribution in [2.24, 2.45) is 5.92 Å². The van der Waals surface area contributed by atoms with Gasteiger partial charge in [0.05, 0.1) is 4.92 Å². The Morgan fingerprint density at radius 2 is 2.24 bits per heavy atom. The lowest BCUT2D eigenvalue weighted by Crippen LogP contribution is -2.13. The number of nitro benzene ring substituents is 1. The van der Waals surface area contributed by atoms with Gasteiger partial charge in [0.25, 0.3) is 5.69 Å². The molecule has 5 heteroatoms. The molecule has 2 rings (SSSR count). The van der Waals surface area contributed by atoms with Gasteiger partial charge in [-0.1, -0.05) is 30.4 Å². The molecule has 1 aromatic rings. The molecular formula is C16H16N2O3. The topological polar surface area (TPSA) is 63.5 Å². The summed E-state index contributed by atoms with van der Waals surface area (Å²) in [5.74, 6) is -0.0994. The van der Waals surface area contributed by atoms with Crippen LogP contribution in [0.1, 0.15) is 6.42 Å². The number of hydrogen-bond acceptors (Lipinski definition) is 4. The Kier molecular flexibility index (Phi) is 4.66. The zero-order valence-corrected chi connectivity index (χ0v) is 11.7. The minimum absolute atomic E-state index is 0.0212. The molecule has 21 heavy (non-hydrogen) atoms. The Hall–Kier alpha value is -2.69. The molecule has 0 N–H and O–H groups in total. The second-order valence-electron chi connectivity index (χ2n) is 4.76. The average molecular weight is 284 g/mol. The lowest BCUT2D eigenvalue weighted by atomic mass is 9.96. The Balaban J connectivity index is 2.05. The van der Waals surface area contributed by atoms with E-state index in [1.165, 1.54) is 18.2 Å². The lowest BCUT2D eigenvalue weighted by Gasteiger charge is -2.14. The van der Waals surface area contributed by atoms with Gasteiger partial charge in [-0.2, -0.15) is 0 Å². The van der Waals surface area contributed by atoms with E-state index in [0.717, 1.165) is 0 Å². The molecule has 0 aromatic heterocycles. The summed E-state index contributed by atoms with van der Waals surface area (Å²) in [5, 5.41) is 10.7. The minimum atomic E-state index is -0.439. The van der Waals surface area contributed by atoms with E-state index in [1.54, 1.807) is 30.3 Å². The number of rotatable bonds is 5. The fourth-order valence-electron chi connectivity index (χ4n) is 2.01. The largest absolute Gasteiger partial charge is 0.351 e. The molecule has 0 spiro atoms. The van der Waals surface area contributed by atoms with Crippen molar-refractivity contribution in [3.63, 3.8) is 0 Å². The maximum Gasteiger partial charge on any atom is 0.271 e. The van der Waals surface area contributed by atoms with Crippen LogP contribution in [0.2, 0.25) is 0 Å². The van der Waals surface area contributed by atoms with Crippen LogP contribution in [-0.4, -0.2) is 17.8 Å². The highest BCUT2D eigenvalue weighted by molar-refractivity contribution is 5.93. The third kappa shape index (κ3) is 3.89. The summed E-state index contributed by atoms with van der Waals surface area (Å²) in [4.78, 5) is 24.0. The van der Waals surface area contributed by atoms with Gasteiger partial charge < -0.3 is 4.90 Å². The molecule has 1 unspecified atom stereocenters. The number of benzene rings is 1. The van der Waals surface area contributed by atoms with Gasteiger partial charge in [0.2, 0.25) is 0 Å². The summed E-state index contributed by atoms with van der Waals surface area (Å²) in [6, 6.07) is 6.28. The van der Waals surface area contributed by atoms with Gasteiger partial charge in [-0.3, -0.25) is 14.9 Å². The number of nitrogens with zero attached hydrogens (tertiary/aromatic N) is 2. The van der Waals surface area contributed by atoms with Crippen molar-refractivity contribution in [3.8, 4) is 0 Å². The van der Waals surface area contributed by atoms with Crippen LogP contribution in [0.4, 0.5) is 11.4 Å². The molecule has 1 aliphatic rings. The molecule has 1 atom stereocenters. The molecule has 1 aromatic carbocycles. The van der Waals surface area contributed by atoms with Crippen molar-refractivity contribution in [1.82, 2.24) is 0 Å². The van der Waals surface area contributed by atoms with Crippen LogP contribution in [0.15, 0.2) is 60.8 Å². The predicted molar refractivity (Wildman–Crippen MR) is 82.0 cm³/mol. The standard InChI is InChI=1S/C16H16N2O3/c1-17(14-8-5-9-15(12-14)18(20)21)11-10-16(19)13-6-3-2-4-7-13/h2-6,8-13H,7H2,1H3/b11-10+. The van der Waals surface area contributed by atoms with Crippen molar-refractivity contribution in [2.75, 3.05) is 11.9 Å². The summed E-state index contributed by atoms with van der Waals surface area (Å²) in [5.41, 5.74) is 0.687. The normalized spacial score (nSPS) is 17.1. The number of nitro groups is 1. The van der Waals surface area contributed by atoms with Gasteiger partial charge in [0.15, 0.2) is 5.78 Å². The maximum absolute atomic E-state index is 12.0. The van der Waals surface area contributed by atoms with Crippen molar-refractivity contribution < 1.29 is 9.72 Å². The summed E-state index contributed by atoms with van der Waals surface area (Å²) in [6.45, 7) is 0. The first-order chi connectivity index (χ1) is 10.1. The Morgan fingerprint density at radius 1 is 1.43 bits per heavy atom. The zero-order valence-electron chi connectivity index (χ0n) is 11.7. The van der Waals surface area contributed by atoms with Crippen LogP contribution >= 0.6 is 0 Å². The minimum Gasteiger partial charge on any atom is -0.351 e. The fourth-order valence-corrected chi connectivity index (χ4v) is 2.01. The molecule has 0 heterocycles. The molecule has 0 radical (unpaired) electrons. The van der Waals surface area contributed by atoms with Crippen LogP contribution < -0.4 is 4.90 Å². The zero-order chi connectivity index (χ0) is 15.2. The van der Waals surface area contributed by atoms with E-state index in [-0.39, 0.29) is 17.4 Å². The van der Waals surface area contributed by atoms with E-state index in [4.69, 9.17) is 0 Å². The first kappa shape index (κ1) is 14.7. The van der Waals surface area contributed by atoms with Gasteiger partial charge >= 0.3 is 0 Å².